The molecule has 0 fully saturated rings. The zero-order chi connectivity index (χ0) is 20.1. The van der Waals surface area contributed by atoms with Crippen molar-refractivity contribution in [1.29, 1.82) is 0 Å². The van der Waals surface area contributed by atoms with Gasteiger partial charge in [-0.25, -0.2) is 0 Å². The molecular formula is C18H15F3N4OS2. The maximum atomic E-state index is 13.0. The molecule has 1 N–H and O–H groups in total. The van der Waals surface area contributed by atoms with E-state index in [-0.39, 0.29) is 11.4 Å². The summed E-state index contributed by atoms with van der Waals surface area (Å²) in [6, 6.07) is 8.66. The number of amides is 1. The summed E-state index contributed by atoms with van der Waals surface area (Å²) < 4.78 is 40.9. The molecule has 28 heavy (non-hydrogen) atoms. The number of para-hydroxylation sites is 1. The molecule has 0 saturated carbocycles. The Bertz CT molecular complexity index is 968. The van der Waals surface area contributed by atoms with Gasteiger partial charge in [0.05, 0.1) is 21.9 Å². The molecule has 2 heterocycles. The minimum Gasteiger partial charge on any atom is -0.325 e. The van der Waals surface area contributed by atoms with Crippen molar-refractivity contribution in [3.63, 3.8) is 0 Å². The standard InChI is InChI=1S/C18H15F3N4OS2/c1-2-9-25-16(14-8-5-10-27-14)23-24-17(25)28-11-15(26)22-13-7-4-3-6-12(13)18(19,20)21/h2-8,10H,1,9,11H2,(H,22,26). The average molecular weight is 424 g/mol. The highest BCUT2D eigenvalue weighted by Gasteiger charge is 2.33. The van der Waals surface area contributed by atoms with Crippen molar-refractivity contribution in [1.82, 2.24) is 14.8 Å². The summed E-state index contributed by atoms with van der Waals surface area (Å²) in [7, 11) is 0. The first-order valence-electron chi connectivity index (χ1n) is 8.07. The van der Waals surface area contributed by atoms with Crippen LogP contribution in [0.15, 0.2) is 59.6 Å². The van der Waals surface area contributed by atoms with E-state index in [1.165, 1.54) is 29.5 Å². The molecule has 10 heteroatoms. The number of alkyl halides is 3. The van der Waals surface area contributed by atoms with Crippen LogP contribution in [0, 0.1) is 0 Å². The van der Waals surface area contributed by atoms with Crippen LogP contribution in [0.5, 0.6) is 0 Å². The molecule has 5 nitrogen and oxygen atoms in total. The molecule has 1 amide bonds. The van der Waals surface area contributed by atoms with Crippen LogP contribution in [0.2, 0.25) is 0 Å². The number of allylic oxidation sites excluding steroid dienone is 1. The van der Waals surface area contributed by atoms with Gasteiger partial charge in [-0.3, -0.25) is 9.36 Å². The second kappa shape index (κ2) is 8.61. The molecule has 0 aliphatic heterocycles. The number of benzene rings is 1. The molecule has 146 valence electrons. The Balaban J connectivity index is 1.71. The van der Waals surface area contributed by atoms with Gasteiger partial charge in [0.2, 0.25) is 5.91 Å². The first kappa shape index (κ1) is 20.2. The number of nitrogens with one attached hydrogen (secondary N) is 1. The number of hydrogen-bond acceptors (Lipinski definition) is 5. The summed E-state index contributed by atoms with van der Waals surface area (Å²) in [5, 5.41) is 13.0. The highest BCUT2D eigenvalue weighted by atomic mass is 32.2. The number of anilines is 1. The monoisotopic (exact) mass is 424 g/mol. The zero-order valence-corrected chi connectivity index (χ0v) is 16.1. The van der Waals surface area contributed by atoms with E-state index < -0.39 is 17.6 Å². The Hall–Kier alpha value is -2.59. The molecule has 0 aliphatic carbocycles. The fourth-order valence-electron chi connectivity index (χ4n) is 2.43. The van der Waals surface area contributed by atoms with Gasteiger partial charge in [-0.15, -0.1) is 28.1 Å². The van der Waals surface area contributed by atoms with Gasteiger partial charge in [-0.05, 0) is 23.6 Å². The van der Waals surface area contributed by atoms with E-state index in [9.17, 15) is 18.0 Å². The molecule has 0 unspecified atom stereocenters. The lowest BCUT2D eigenvalue weighted by Gasteiger charge is -2.13. The number of thioether (sulfide) groups is 1. The van der Waals surface area contributed by atoms with E-state index in [1.807, 2.05) is 17.5 Å². The van der Waals surface area contributed by atoms with Crippen LogP contribution in [0.25, 0.3) is 10.7 Å². The van der Waals surface area contributed by atoms with Crippen molar-refractivity contribution in [2.45, 2.75) is 17.9 Å². The van der Waals surface area contributed by atoms with Crippen molar-refractivity contribution >= 4 is 34.7 Å². The van der Waals surface area contributed by atoms with Gasteiger partial charge in [0.15, 0.2) is 11.0 Å². The molecule has 0 aliphatic rings. The number of hydrogen-bond donors (Lipinski definition) is 1. The molecule has 3 rings (SSSR count). The Morgan fingerprint density at radius 1 is 1.25 bits per heavy atom. The fourth-order valence-corrected chi connectivity index (χ4v) is 3.90. The van der Waals surface area contributed by atoms with E-state index in [4.69, 9.17) is 0 Å². The SMILES string of the molecule is C=CCn1c(SCC(=O)Nc2ccccc2C(F)(F)F)nnc1-c1cccs1. The van der Waals surface area contributed by atoms with Crippen molar-refractivity contribution in [3.8, 4) is 10.7 Å². The van der Waals surface area contributed by atoms with Gasteiger partial charge in [0.1, 0.15) is 0 Å². The maximum absolute atomic E-state index is 13.0. The lowest BCUT2D eigenvalue weighted by molar-refractivity contribution is -0.137. The van der Waals surface area contributed by atoms with Crippen LogP contribution in [0.3, 0.4) is 0 Å². The van der Waals surface area contributed by atoms with Gasteiger partial charge in [-0.2, -0.15) is 13.2 Å². The first-order chi connectivity index (χ1) is 13.4. The van der Waals surface area contributed by atoms with Crippen LogP contribution in [-0.2, 0) is 17.5 Å². The Kier molecular flexibility index (Phi) is 6.20. The highest BCUT2D eigenvalue weighted by molar-refractivity contribution is 7.99. The highest BCUT2D eigenvalue weighted by Crippen LogP contribution is 2.34. The number of rotatable bonds is 7. The second-order valence-electron chi connectivity index (χ2n) is 5.56. The third-order valence-electron chi connectivity index (χ3n) is 3.61. The number of thiophene rings is 1. The Labute approximate surface area is 167 Å². The van der Waals surface area contributed by atoms with E-state index in [1.54, 1.807) is 10.6 Å². The van der Waals surface area contributed by atoms with Crippen molar-refractivity contribution in [2.24, 2.45) is 0 Å². The molecule has 0 atom stereocenters. The molecule has 0 saturated heterocycles. The van der Waals surface area contributed by atoms with E-state index in [0.717, 1.165) is 22.7 Å². The van der Waals surface area contributed by atoms with Crippen molar-refractivity contribution < 1.29 is 18.0 Å². The first-order valence-corrected chi connectivity index (χ1v) is 9.93. The Morgan fingerprint density at radius 3 is 2.71 bits per heavy atom. The van der Waals surface area contributed by atoms with Crippen molar-refractivity contribution in [2.75, 3.05) is 11.1 Å². The second-order valence-corrected chi connectivity index (χ2v) is 7.45. The number of carbonyl (C=O) groups excluding carboxylic acids is 1. The topological polar surface area (TPSA) is 59.8 Å². The van der Waals surface area contributed by atoms with Gasteiger partial charge in [0.25, 0.3) is 0 Å². The predicted molar refractivity (Wildman–Crippen MR) is 104 cm³/mol. The van der Waals surface area contributed by atoms with Crippen LogP contribution in [-0.4, -0.2) is 26.4 Å². The number of nitrogens with zero attached hydrogens (tertiary/aromatic N) is 3. The molecule has 0 bridgehead atoms. The summed E-state index contributed by atoms with van der Waals surface area (Å²) in [4.78, 5) is 13.1. The number of halogens is 3. The third kappa shape index (κ3) is 4.63. The predicted octanol–water partition coefficient (Wildman–Crippen LogP) is 4.94. The maximum Gasteiger partial charge on any atom is 0.418 e. The van der Waals surface area contributed by atoms with Gasteiger partial charge < -0.3 is 5.32 Å². The number of aromatic nitrogens is 3. The normalized spacial score (nSPS) is 11.4. The lowest BCUT2D eigenvalue weighted by atomic mass is 10.1. The molecular weight excluding hydrogens is 409 g/mol. The van der Waals surface area contributed by atoms with Gasteiger partial charge in [-0.1, -0.05) is 36.0 Å². The average Bonchev–Trinajstić information content (AvgIpc) is 3.29. The molecule has 0 radical (unpaired) electrons. The van der Waals surface area contributed by atoms with Crippen LogP contribution in [0.4, 0.5) is 18.9 Å². The minimum atomic E-state index is -4.54. The lowest BCUT2D eigenvalue weighted by Crippen LogP contribution is -2.18. The smallest absolute Gasteiger partial charge is 0.325 e. The van der Waals surface area contributed by atoms with Crippen LogP contribution in [0.1, 0.15) is 5.56 Å². The zero-order valence-electron chi connectivity index (χ0n) is 14.4. The number of carbonyl (C=O) groups is 1. The summed E-state index contributed by atoms with van der Waals surface area (Å²) in [5.74, 6) is -0.0147. The summed E-state index contributed by atoms with van der Waals surface area (Å²) in [6.45, 7) is 4.16. The molecule has 1 aromatic carbocycles. The van der Waals surface area contributed by atoms with E-state index >= 15 is 0 Å². The molecule has 3 aromatic rings. The largest absolute Gasteiger partial charge is 0.418 e. The van der Waals surface area contributed by atoms with Crippen molar-refractivity contribution in [3.05, 3.63) is 60.0 Å². The summed E-state index contributed by atoms with van der Waals surface area (Å²) in [5.41, 5.74) is -1.16. The summed E-state index contributed by atoms with van der Waals surface area (Å²) >= 11 is 2.61. The quantitative estimate of drug-likeness (QED) is 0.431. The molecule has 2 aromatic heterocycles. The van der Waals surface area contributed by atoms with Gasteiger partial charge in [0, 0.05) is 6.54 Å². The minimum absolute atomic E-state index is 0.105. The van der Waals surface area contributed by atoms with Crippen LogP contribution >= 0.6 is 23.1 Å². The molecule has 0 spiro atoms. The summed E-state index contributed by atoms with van der Waals surface area (Å²) in [6.07, 6.45) is -2.86. The Morgan fingerprint density at radius 2 is 2.04 bits per heavy atom. The van der Waals surface area contributed by atoms with Gasteiger partial charge >= 0.3 is 6.18 Å². The third-order valence-corrected chi connectivity index (χ3v) is 5.44. The van der Waals surface area contributed by atoms with E-state index in [0.29, 0.717) is 17.5 Å². The van der Waals surface area contributed by atoms with E-state index in [2.05, 4.69) is 22.1 Å². The fraction of sp³-hybridized carbons (Fsp3) is 0.167. The van der Waals surface area contributed by atoms with Crippen LogP contribution < -0.4 is 5.32 Å².